The Kier molecular flexibility index (Phi) is 3.68. The highest BCUT2D eigenvalue weighted by Crippen LogP contribution is 2.38. The highest BCUT2D eigenvalue weighted by atomic mass is 32.1. The van der Waals surface area contributed by atoms with Crippen molar-refractivity contribution in [3.8, 4) is 0 Å². The van der Waals surface area contributed by atoms with E-state index >= 15 is 0 Å². The van der Waals surface area contributed by atoms with Crippen molar-refractivity contribution >= 4 is 11.3 Å². The zero-order valence-electron chi connectivity index (χ0n) is 11.3. The van der Waals surface area contributed by atoms with Gasteiger partial charge in [0.2, 0.25) is 0 Å². The number of rotatable bonds is 3. The van der Waals surface area contributed by atoms with Gasteiger partial charge in [-0.3, -0.25) is 4.90 Å². The summed E-state index contributed by atoms with van der Waals surface area (Å²) in [6.07, 6.45) is 4.47. The number of methoxy groups -OCH3 is 1. The van der Waals surface area contributed by atoms with Crippen molar-refractivity contribution in [2.75, 3.05) is 20.2 Å². The summed E-state index contributed by atoms with van der Waals surface area (Å²) in [6, 6.07) is 0. The van der Waals surface area contributed by atoms with E-state index in [4.69, 9.17) is 4.74 Å². The van der Waals surface area contributed by atoms with Crippen LogP contribution >= 0.6 is 11.3 Å². The lowest BCUT2D eigenvalue weighted by Crippen LogP contribution is -2.33. The molecule has 0 radical (unpaired) electrons. The highest BCUT2D eigenvalue weighted by Gasteiger charge is 2.40. The Morgan fingerprint density at radius 2 is 2.33 bits per heavy atom. The fourth-order valence-electron chi connectivity index (χ4n) is 3.64. The monoisotopic (exact) mass is 266 g/mol. The van der Waals surface area contributed by atoms with Crippen LogP contribution in [-0.4, -0.2) is 36.2 Å². The minimum Gasteiger partial charge on any atom is -0.381 e. The highest BCUT2D eigenvalue weighted by molar-refractivity contribution is 7.09. The molecule has 1 saturated heterocycles. The first-order valence-electron chi connectivity index (χ1n) is 6.92. The Labute approximate surface area is 113 Å². The first-order valence-corrected chi connectivity index (χ1v) is 7.80. The lowest BCUT2D eigenvalue weighted by molar-refractivity contribution is 0.0125. The number of likely N-dealkylation sites (tertiary alicyclic amines) is 1. The minimum absolute atomic E-state index is 0.492. The maximum atomic E-state index is 5.67. The third-order valence-corrected chi connectivity index (χ3v) is 5.29. The predicted octanol–water partition coefficient (Wildman–Crippen LogP) is 2.70. The normalized spacial score (nSPS) is 32.7. The lowest BCUT2D eigenvalue weighted by Gasteiger charge is -2.31. The molecule has 3 rings (SSSR count). The molecule has 2 fully saturated rings. The van der Waals surface area contributed by atoms with E-state index in [9.17, 15) is 0 Å². The molecule has 1 aliphatic heterocycles. The summed E-state index contributed by atoms with van der Waals surface area (Å²) >= 11 is 1.76. The molecule has 1 saturated carbocycles. The van der Waals surface area contributed by atoms with Gasteiger partial charge >= 0.3 is 0 Å². The van der Waals surface area contributed by atoms with Crippen molar-refractivity contribution in [2.24, 2.45) is 11.8 Å². The van der Waals surface area contributed by atoms with E-state index in [1.807, 2.05) is 7.11 Å². The molecule has 2 heterocycles. The molecule has 3 nitrogen and oxygen atoms in total. The van der Waals surface area contributed by atoms with Gasteiger partial charge in [0.25, 0.3) is 0 Å². The van der Waals surface area contributed by atoms with Crippen molar-refractivity contribution in [3.63, 3.8) is 0 Å². The van der Waals surface area contributed by atoms with E-state index in [-0.39, 0.29) is 0 Å². The first-order chi connectivity index (χ1) is 8.76. The summed E-state index contributed by atoms with van der Waals surface area (Å²) in [7, 11) is 1.87. The zero-order valence-corrected chi connectivity index (χ0v) is 12.1. The Hall–Kier alpha value is -0.450. The van der Waals surface area contributed by atoms with Crippen LogP contribution < -0.4 is 0 Å². The molecule has 2 aliphatic rings. The van der Waals surface area contributed by atoms with Crippen LogP contribution in [0.5, 0.6) is 0 Å². The molecule has 0 spiro atoms. The van der Waals surface area contributed by atoms with Crippen LogP contribution in [0, 0.1) is 18.8 Å². The summed E-state index contributed by atoms with van der Waals surface area (Å²) in [5, 5.41) is 3.38. The quantitative estimate of drug-likeness (QED) is 0.841. The standard InChI is InChI=1S/C14H22N2OS/c1-10-15-12(9-18-10)7-16-6-11-4-3-5-14(17-2)13(11)8-16/h9,11,13-14H,3-8H2,1-2H3/t11-,13+,14-/m1/s1. The Morgan fingerprint density at radius 3 is 3.06 bits per heavy atom. The number of aromatic nitrogens is 1. The fraction of sp³-hybridized carbons (Fsp3) is 0.786. The number of fused-ring (bicyclic) bond motifs is 1. The topological polar surface area (TPSA) is 25.4 Å². The van der Waals surface area contributed by atoms with Gasteiger partial charge in [-0.05, 0) is 25.7 Å². The Bertz CT molecular complexity index is 406. The Balaban J connectivity index is 1.63. The molecule has 0 unspecified atom stereocenters. The van der Waals surface area contributed by atoms with Gasteiger partial charge in [0, 0.05) is 38.0 Å². The van der Waals surface area contributed by atoms with Crippen LogP contribution in [0.2, 0.25) is 0 Å². The second kappa shape index (κ2) is 5.27. The van der Waals surface area contributed by atoms with Gasteiger partial charge in [0.15, 0.2) is 0 Å². The smallest absolute Gasteiger partial charge is 0.0897 e. The van der Waals surface area contributed by atoms with Crippen LogP contribution in [-0.2, 0) is 11.3 Å². The minimum atomic E-state index is 0.492. The van der Waals surface area contributed by atoms with Crippen LogP contribution in [0.1, 0.15) is 30.0 Å². The van der Waals surface area contributed by atoms with Crippen LogP contribution in [0.3, 0.4) is 0 Å². The van der Waals surface area contributed by atoms with Gasteiger partial charge < -0.3 is 4.74 Å². The van der Waals surface area contributed by atoms with Crippen LogP contribution in [0.4, 0.5) is 0 Å². The summed E-state index contributed by atoms with van der Waals surface area (Å²) in [4.78, 5) is 7.15. The van der Waals surface area contributed by atoms with Crippen molar-refractivity contribution in [2.45, 2.75) is 38.8 Å². The first kappa shape index (κ1) is 12.6. The zero-order chi connectivity index (χ0) is 12.5. The van der Waals surface area contributed by atoms with Crippen molar-refractivity contribution in [1.29, 1.82) is 0 Å². The number of hydrogen-bond donors (Lipinski definition) is 0. The second-order valence-electron chi connectivity index (χ2n) is 5.68. The Morgan fingerprint density at radius 1 is 1.44 bits per heavy atom. The van der Waals surface area contributed by atoms with Crippen LogP contribution in [0.15, 0.2) is 5.38 Å². The van der Waals surface area contributed by atoms with Crippen molar-refractivity contribution < 1.29 is 4.74 Å². The molecule has 1 aromatic rings. The molecule has 18 heavy (non-hydrogen) atoms. The number of aryl methyl sites for hydroxylation is 1. The molecular formula is C14H22N2OS. The molecule has 4 heteroatoms. The third-order valence-electron chi connectivity index (χ3n) is 4.46. The molecule has 0 bridgehead atoms. The van der Waals surface area contributed by atoms with E-state index in [1.165, 1.54) is 43.1 Å². The van der Waals surface area contributed by atoms with E-state index in [1.54, 1.807) is 11.3 Å². The summed E-state index contributed by atoms with van der Waals surface area (Å²) < 4.78 is 5.67. The average molecular weight is 266 g/mol. The van der Waals surface area contributed by atoms with E-state index < -0.39 is 0 Å². The van der Waals surface area contributed by atoms with Crippen LogP contribution in [0.25, 0.3) is 0 Å². The van der Waals surface area contributed by atoms with Crippen molar-refractivity contribution in [1.82, 2.24) is 9.88 Å². The molecule has 0 N–H and O–H groups in total. The molecule has 0 amide bonds. The number of thiazole rings is 1. The SMILES string of the molecule is CO[C@@H]1CCC[C@@H]2CN(Cc3csc(C)n3)C[C@@H]21. The third kappa shape index (κ3) is 2.46. The number of hydrogen-bond acceptors (Lipinski definition) is 4. The van der Waals surface area contributed by atoms with Gasteiger partial charge in [0.05, 0.1) is 16.8 Å². The molecule has 0 aromatic carbocycles. The van der Waals surface area contributed by atoms with Gasteiger partial charge in [-0.15, -0.1) is 11.3 Å². The number of ether oxygens (including phenoxy) is 1. The largest absolute Gasteiger partial charge is 0.381 e. The van der Waals surface area contributed by atoms with Gasteiger partial charge in [-0.1, -0.05) is 6.42 Å². The van der Waals surface area contributed by atoms with E-state index in [0.717, 1.165) is 18.4 Å². The summed E-state index contributed by atoms with van der Waals surface area (Å²) in [5.74, 6) is 1.60. The average Bonchev–Trinajstić information content (AvgIpc) is 2.94. The summed E-state index contributed by atoms with van der Waals surface area (Å²) in [5.41, 5.74) is 1.24. The van der Waals surface area contributed by atoms with E-state index in [0.29, 0.717) is 6.10 Å². The maximum Gasteiger partial charge on any atom is 0.0897 e. The van der Waals surface area contributed by atoms with Gasteiger partial charge in [-0.25, -0.2) is 4.98 Å². The molecule has 3 atom stereocenters. The van der Waals surface area contributed by atoms with Gasteiger partial charge in [0.1, 0.15) is 0 Å². The number of nitrogens with zero attached hydrogens (tertiary/aromatic N) is 2. The lowest BCUT2D eigenvalue weighted by atomic mass is 9.79. The molecule has 100 valence electrons. The molecule has 1 aliphatic carbocycles. The predicted molar refractivity (Wildman–Crippen MR) is 73.8 cm³/mol. The summed E-state index contributed by atoms with van der Waals surface area (Å²) in [6.45, 7) is 5.54. The van der Waals surface area contributed by atoms with E-state index in [2.05, 4.69) is 22.2 Å². The van der Waals surface area contributed by atoms with Gasteiger partial charge in [-0.2, -0.15) is 0 Å². The maximum absolute atomic E-state index is 5.67. The molecular weight excluding hydrogens is 244 g/mol. The van der Waals surface area contributed by atoms with Crippen molar-refractivity contribution in [3.05, 3.63) is 16.1 Å². The molecule has 1 aromatic heterocycles. The fourth-order valence-corrected chi connectivity index (χ4v) is 4.25. The second-order valence-corrected chi connectivity index (χ2v) is 6.74.